The third kappa shape index (κ3) is 2.31. The Morgan fingerprint density at radius 1 is 1.39 bits per heavy atom. The Hall–Kier alpha value is -1.26. The van der Waals surface area contributed by atoms with Crippen LogP contribution in [0.2, 0.25) is 5.02 Å². The largest absolute Gasteiger partial charge is 0.495 e. The highest BCUT2D eigenvalue weighted by molar-refractivity contribution is 6.32. The van der Waals surface area contributed by atoms with E-state index in [1.807, 2.05) is 12.1 Å². The van der Waals surface area contributed by atoms with E-state index in [4.69, 9.17) is 21.1 Å². The van der Waals surface area contributed by atoms with E-state index in [2.05, 4.69) is 5.32 Å². The van der Waals surface area contributed by atoms with Crippen molar-refractivity contribution in [2.75, 3.05) is 27.3 Å². The molecule has 1 aromatic carbocycles. The molecule has 1 aromatic rings. The number of methoxy groups -OCH3 is 2. The third-order valence-electron chi connectivity index (χ3n) is 3.33. The van der Waals surface area contributed by atoms with Gasteiger partial charge in [0.05, 0.1) is 25.2 Å². The lowest BCUT2D eigenvalue weighted by molar-refractivity contribution is -0.145. The summed E-state index contributed by atoms with van der Waals surface area (Å²) in [4.78, 5) is 11.7. The number of nitrogens with one attached hydrogen (secondary N) is 1. The van der Waals surface area contributed by atoms with E-state index in [9.17, 15) is 4.79 Å². The second-order valence-corrected chi connectivity index (χ2v) is 4.64. The Kier molecular flexibility index (Phi) is 4.09. The average Bonchev–Trinajstić information content (AvgIpc) is 2.87. The van der Waals surface area contributed by atoms with Crippen molar-refractivity contribution in [1.82, 2.24) is 5.32 Å². The lowest BCUT2D eigenvalue weighted by atomic mass is 9.89. The van der Waals surface area contributed by atoms with Crippen LogP contribution in [0.3, 0.4) is 0 Å². The van der Waals surface area contributed by atoms with Crippen LogP contribution in [0, 0.1) is 5.92 Å². The Labute approximate surface area is 111 Å². The van der Waals surface area contributed by atoms with Crippen molar-refractivity contribution in [1.29, 1.82) is 0 Å². The molecule has 2 unspecified atom stereocenters. The summed E-state index contributed by atoms with van der Waals surface area (Å²) in [7, 11) is 2.99. The molecule has 1 aliphatic rings. The Bertz CT molecular complexity index is 450. The first-order chi connectivity index (χ1) is 8.69. The Morgan fingerprint density at radius 3 is 2.83 bits per heavy atom. The third-order valence-corrected chi connectivity index (χ3v) is 3.74. The molecule has 0 spiro atoms. The number of halogens is 1. The molecular formula is C13H16ClNO3. The molecule has 2 atom stereocenters. The van der Waals surface area contributed by atoms with E-state index >= 15 is 0 Å². The predicted octanol–water partition coefficient (Wildman–Crippen LogP) is 1.82. The predicted molar refractivity (Wildman–Crippen MR) is 69.1 cm³/mol. The van der Waals surface area contributed by atoms with Crippen LogP contribution in [0.1, 0.15) is 11.5 Å². The second kappa shape index (κ2) is 5.59. The molecule has 0 saturated carbocycles. The SMILES string of the molecule is COC(=O)C1CNCC1c1cccc(OC)c1Cl. The van der Waals surface area contributed by atoms with E-state index in [1.54, 1.807) is 13.2 Å². The normalized spacial score (nSPS) is 22.8. The zero-order chi connectivity index (χ0) is 13.1. The molecule has 0 radical (unpaired) electrons. The van der Waals surface area contributed by atoms with Crippen LogP contribution in [0.4, 0.5) is 0 Å². The van der Waals surface area contributed by atoms with Crippen LogP contribution >= 0.6 is 11.6 Å². The monoisotopic (exact) mass is 269 g/mol. The van der Waals surface area contributed by atoms with Gasteiger partial charge in [-0.05, 0) is 11.6 Å². The molecule has 1 N–H and O–H groups in total. The summed E-state index contributed by atoms with van der Waals surface area (Å²) in [6, 6.07) is 5.62. The van der Waals surface area contributed by atoms with Gasteiger partial charge in [-0.1, -0.05) is 23.7 Å². The first kappa shape index (κ1) is 13.2. The smallest absolute Gasteiger partial charge is 0.310 e. The van der Waals surface area contributed by atoms with Crippen LogP contribution in [0.25, 0.3) is 0 Å². The quantitative estimate of drug-likeness (QED) is 0.851. The Morgan fingerprint density at radius 2 is 2.17 bits per heavy atom. The minimum atomic E-state index is -0.205. The van der Waals surface area contributed by atoms with E-state index < -0.39 is 0 Å². The van der Waals surface area contributed by atoms with Crippen molar-refractivity contribution >= 4 is 17.6 Å². The molecule has 4 nitrogen and oxygen atoms in total. The topological polar surface area (TPSA) is 47.6 Å². The number of ether oxygens (including phenoxy) is 2. The van der Waals surface area contributed by atoms with Crippen molar-refractivity contribution in [2.24, 2.45) is 5.92 Å². The fourth-order valence-corrected chi connectivity index (χ4v) is 2.72. The molecule has 5 heteroatoms. The van der Waals surface area contributed by atoms with E-state index in [0.29, 0.717) is 23.9 Å². The van der Waals surface area contributed by atoms with Gasteiger partial charge in [-0.15, -0.1) is 0 Å². The number of carbonyl (C=O) groups excluding carboxylic acids is 1. The van der Waals surface area contributed by atoms with Gasteiger partial charge in [-0.3, -0.25) is 4.79 Å². The first-order valence-electron chi connectivity index (χ1n) is 5.80. The van der Waals surface area contributed by atoms with Crippen molar-refractivity contribution in [3.05, 3.63) is 28.8 Å². The molecule has 0 aromatic heterocycles. The molecule has 1 heterocycles. The van der Waals surface area contributed by atoms with Crippen LogP contribution < -0.4 is 10.1 Å². The number of hydrogen-bond donors (Lipinski definition) is 1. The van der Waals surface area contributed by atoms with Gasteiger partial charge in [0, 0.05) is 19.0 Å². The number of rotatable bonds is 3. The lowest BCUT2D eigenvalue weighted by Gasteiger charge is -2.19. The maximum absolute atomic E-state index is 11.7. The van der Waals surface area contributed by atoms with Gasteiger partial charge in [0.2, 0.25) is 0 Å². The highest BCUT2D eigenvalue weighted by Gasteiger charge is 2.36. The van der Waals surface area contributed by atoms with Gasteiger partial charge < -0.3 is 14.8 Å². The summed E-state index contributed by atoms with van der Waals surface area (Å²) in [6.07, 6.45) is 0. The summed E-state index contributed by atoms with van der Waals surface area (Å²) in [5.74, 6) is 0.258. The van der Waals surface area contributed by atoms with Crippen molar-refractivity contribution < 1.29 is 14.3 Å². The van der Waals surface area contributed by atoms with Gasteiger partial charge in [0.15, 0.2) is 0 Å². The van der Waals surface area contributed by atoms with Crippen LogP contribution in [0.15, 0.2) is 18.2 Å². The number of hydrogen-bond acceptors (Lipinski definition) is 4. The molecule has 1 fully saturated rings. The molecule has 0 amide bonds. The summed E-state index contributed by atoms with van der Waals surface area (Å²) < 4.78 is 10.0. The highest BCUT2D eigenvalue weighted by Crippen LogP contribution is 2.37. The minimum Gasteiger partial charge on any atom is -0.495 e. The molecule has 18 heavy (non-hydrogen) atoms. The van der Waals surface area contributed by atoms with Crippen LogP contribution in [-0.4, -0.2) is 33.3 Å². The van der Waals surface area contributed by atoms with E-state index in [0.717, 1.165) is 5.56 Å². The average molecular weight is 270 g/mol. The zero-order valence-electron chi connectivity index (χ0n) is 10.4. The summed E-state index contributed by atoms with van der Waals surface area (Å²) >= 11 is 6.30. The molecule has 1 aliphatic heterocycles. The van der Waals surface area contributed by atoms with Crippen LogP contribution in [-0.2, 0) is 9.53 Å². The molecule has 98 valence electrons. The maximum Gasteiger partial charge on any atom is 0.310 e. The summed E-state index contributed by atoms with van der Waals surface area (Å²) in [5.41, 5.74) is 0.927. The second-order valence-electron chi connectivity index (χ2n) is 4.26. The molecular weight excluding hydrogens is 254 g/mol. The summed E-state index contributed by atoms with van der Waals surface area (Å²) in [6.45, 7) is 1.33. The first-order valence-corrected chi connectivity index (χ1v) is 6.17. The standard InChI is InChI=1S/C13H16ClNO3/c1-17-11-5-3-4-8(12(11)14)9-6-15-7-10(9)13(16)18-2/h3-5,9-10,15H,6-7H2,1-2H3. The lowest BCUT2D eigenvalue weighted by Crippen LogP contribution is -2.23. The van der Waals surface area contributed by atoms with Gasteiger partial charge in [-0.2, -0.15) is 0 Å². The number of benzene rings is 1. The zero-order valence-corrected chi connectivity index (χ0v) is 11.2. The van der Waals surface area contributed by atoms with Gasteiger partial charge >= 0.3 is 5.97 Å². The fourth-order valence-electron chi connectivity index (χ4n) is 2.38. The molecule has 2 rings (SSSR count). The van der Waals surface area contributed by atoms with Crippen molar-refractivity contribution in [2.45, 2.75) is 5.92 Å². The van der Waals surface area contributed by atoms with E-state index in [1.165, 1.54) is 7.11 Å². The van der Waals surface area contributed by atoms with E-state index in [-0.39, 0.29) is 17.8 Å². The molecule has 0 bridgehead atoms. The summed E-state index contributed by atoms with van der Waals surface area (Å²) in [5, 5.41) is 3.77. The highest BCUT2D eigenvalue weighted by atomic mass is 35.5. The number of esters is 1. The van der Waals surface area contributed by atoms with Crippen molar-refractivity contribution in [3.63, 3.8) is 0 Å². The van der Waals surface area contributed by atoms with Crippen LogP contribution in [0.5, 0.6) is 5.75 Å². The maximum atomic E-state index is 11.7. The minimum absolute atomic E-state index is 0.0278. The Balaban J connectivity index is 2.33. The fraction of sp³-hybridized carbons (Fsp3) is 0.462. The van der Waals surface area contributed by atoms with Gasteiger partial charge in [-0.25, -0.2) is 0 Å². The molecule has 1 saturated heterocycles. The van der Waals surface area contributed by atoms with Gasteiger partial charge in [0.25, 0.3) is 0 Å². The molecule has 0 aliphatic carbocycles. The number of carbonyl (C=O) groups is 1. The van der Waals surface area contributed by atoms with Crippen molar-refractivity contribution in [3.8, 4) is 5.75 Å². The van der Waals surface area contributed by atoms with Gasteiger partial charge in [0.1, 0.15) is 5.75 Å².